The maximum Gasteiger partial charge on any atom is 0.191 e. The van der Waals surface area contributed by atoms with Crippen LogP contribution in [-0.2, 0) is 9.84 Å². The van der Waals surface area contributed by atoms with Crippen molar-refractivity contribution in [1.82, 2.24) is 15.5 Å². The van der Waals surface area contributed by atoms with Gasteiger partial charge in [0.2, 0.25) is 0 Å². The van der Waals surface area contributed by atoms with E-state index in [4.69, 9.17) is 0 Å². The van der Waals surface area contributed by atoms with Gasteiger partial charge in [0.15, 0.2) is 15.8 Å². The minimum Gasteiger partial charge on any atom is -0.357 e. The van der Waals surface area contributed by atoms with Gasteiger partial charge in [-0.3, -0.25) is 9.89 Å². The number of sulfone groups is 1. The highest BCUT2D eigenvalue weighted by atomic mass is 127. The molecule has 0 amide bonds. The number of nitrogens with one attached hydrogen (secondary N) is 2. The topological polar surface area (TPSA) is 73.8 Å². The van der Waals surface area contributed by atoms with E-state index in [1.54, 1.807) is 0 Å². The molecule has 6 nitrogen and oxygen atoms in total. The molecule has 23 heavy (non-hydrogen) atoms. The molecule has 1 rings (SSSR count). The standard InChI is InChI=1S/C15H32N4O2S.HI/c1-3-5-6-7-8-17-15(16-4-2)18-9-10-19-11-13-22(20,21)14-12-19;/h3-14H2,1-2H3,(H2,16,17,18);1H. The van der Waals surface area contributed by atoms with Gasteiger partial charge in [-0.05, 0) is 13.3 Å². The fourth-order valence-corrected chi connectivity index (χ4v) is 3.65. The highest BCUT2D eigenvalue weighted by Gasteiger charge is 2.20. The lowest BCUT2D eigenvalue weighted by Gasteiger charge is -2.26. The molecular weight excluding hydrogens is 427 g/mol. The van der Waals surface area contributed by atoms with Gasteiger partial charge in [-0.15, -0.1) is 24.0 Å². The lowest BCUT2D eigenvalue weighted by Crippen LogP contribution is -2.46. The highest BCUT2D eigenvalue weighted by molar-refractivity contribution is 14.0. The zero-order valence-electron chi connectivity index (χ0n) is 14.5. The predicted molar refractivity (Wildman–Crippen MR) is 109 cm³/mol. The summed E-state index contributed by atoms with van der Waals surface area (Å²) in [5.41, 5.74) is 0. The first-order valence-corrected chi connectivity index (χ1v) is 10.3. The molecule has 0 bridgehead atoms. The van der Waals surface area contributed by atoms with E-state index in [0.717, 1.165) is 38.6 Å². The maximum absolute atomic E-state index is 11.4. The van der Waals surface area contributed by atoms with Crippen molar-refractivity contribution in [2.24, 2.45) is 4.99 Å². The third kappa shape index (κ3) is 11.1. The van der Waals surface area contributed by atoms with E-state index in [-0.39, 0.29) is 24.0 Å². The summed E-state index contributed by atoms with van der Waals surface area (Å²) >= 11 is 0. The molecule has 8 heteroatoms. The number of hydrogen-bond acceptors (Lipinski definition) is 4. The van der Waals surface area contributed by atoms with E-state index in [1.165, 1.54) is 19.3 Å². The zero-order valence-corrected chi connectivity index (χ0v) is 17.7. The number of hydrogen-bond donors (Lipinski definition) is 2. The lowest BCUT2D eigenvalue weighted by atomic mass is 10.2. The SMILES string of the molecule is CCCCCCN=C(NCC)NCCN1CCS(=O)(=O)CC1.I. The molecule has 0 aromatic rings. The number of guanidine groups is 1. The van der Waals surface area contributed by atoms with E-state index in [9.17, 15) is 8.42 Å². The van der Waals surface area contributed by atoms with Crippen molar-refractivity contribution in [2.45, 2.75) is 39.5 Å². The number of aliphatic imine (C=N–C) groups is 1. The van der Waals surface area contributed by atoms with Crippen molar-refractivity contribution >= 4 is 39.8 Å². The monoisotopic (exact) mass is 460 g/mol. The van der Waals surface area contributed by atoms with Crippen LogP contribution in [0.3, 0.4) is 0 Å². The summed E-state index contributed by atoms with van der Waals surface area (Å²) in [6.45, 7) is 8.92. The molecule has 0 unspecified atom stereocenters. The van der Waals surface area contributed by atoms with Crippen LogP contribution in [0, 0.1) is 0 Å². The molecular formula is C15H33IN4O2S. The molecule has 0 atom stereocenters. The number of unbranched alkanes of at least 4 members (excludes halogenated alkanes) is 3. The molecule has 1 heterocycles. The van der Waals surface area contributed by atoms with Gasteiger partial charge in [0, 0.05) is 39.3 Å². The van der Waals surface area contributed by atoms with Crippen molar-refractivity contribution in [3.05, 3.63) is 0 Å². The second-order valence-corrected chi connectivity index (χ2v) is 8.05. The third-order valence-corrected chi connectivity index (χ3v) is 5.39. The smallest absolute Gasteiger partial charge is 0.191 e. The Morgan fingerprint density at radius 3 is 2.39 bits per heavy atom. The van der Waals surface area contributed by atoms with Crippen molar-refractivity contribution in [1.29, 1.82) is 0 Å². The molecule has 1 saturated heterocycles. The van der Waals surface area contributed by atoms with Gasteiger partial charge in [-0.25, -0.2) is 8.42 Å². The van der Waals surface area contributed by atoms with E-state index in [0.29, 0.717) is 24.6 Å². The zero-order chi connectivity index (χ0) is 16.3. The van der Waals surface area contributed by atoms with Gasteiger partial charge in [0.1, 0.15) is 0 Å². The van der Waals surface area contributed by atoms with Crippen LogP contribution in [0.5, 0.6) is 0 Å². The Kier molecular flexibility index (Phi) is 13.2. The Hall–Kier alpha value is -0.0900. The van der Waals surface area contributed by atoms with Crippen LogP contribution in [0.4, 0.5) is 0 Å². The van der Waals surface area contributed by atoms with Gasteiger partial charge in [-0.2, -0.15) is 0 Å². The van der Waals surface area contributed by atoms with Gasteiger partial charge >= 0.3 is 0 Å². The largest absolute Gasteiger partial charge is 0.357 e. The summed E-state index contributed by atoms with van der Waals surface area (Å²) in [6, 6.07) is 0. The van der Waals surface area contributed by atoms with Crippen LogP contribution in [0.1, 0.15) is 39.5 Å². The van der Waals surface area contributed by atoms with Crippen LogP contribution < -0.4 is 10.6 Å². The lowest BCUT2D eigenvalue weighted by molar-refractivity contribution is 0.299. The van der Waals surface area contributed by atoms with Crippen LogP contribution in [0.2, 0.25) is 0 Å². The average molecular weight is 460 g/mol. The van der Waals surface area contributed by atoms with Crippen molar-refractivity contribution in [2.75, 3.05) is 50.8 Å². The molecule has 1 fully saturated rings. The summed E-state index contributed by atoms with van der Waals surface area (Å²) in [4.78, 5) is 6.76. The Balaban J connectivity index is 0.00000484. The number of nitrogens with zero attached hydrogens (tertiary/aromatic N) is 2. The van der Waals surface area contributed by atoms with Crippen molar-refractivity contribution in [3.63, 3.8) is 0 Å². The summed E-state index contributed by atoms with van der Waals surface area (Å²) in [7, 11) is -2.78. The quantitative estimate of drug-likeness (QED) is 0.236. The van der Waals surface area contributed by atoms with Crippen LogP contribution >= 0.6 is 24.0 Å². The van der Waals surface area contributed by atoms with Crippen molar-refractivity contribution < 1.29 is 8.42 Å². The Labute approximate surface area is 158 Å². The van der Waals surface area contributed by atoms with Gasteiger partial charge in [0.05, 0.1) is 11.5 Å². The van der Waals surface area contributed by atoms with Gasteiger partial charge in [0.25, 0.3) is 0 Å². The first-order valence-electron chi connectivity index (χ1n) is 8.52. The molecule has 138 valence electrons. The fraction of sp³-hybridized carbons (Fsp3) is 0.933. The van der Waals surface area contributed by atoms with Crippen molar-refractivity contribution in [3.8, 4) is 0 Å². The molecule has 0 aromatic heterocycles. The first-order chi connectivity index (χ1) is 10.6. The molecule has 0 aromatic carbocycles. The van der Waals surface area contributed by atoms with E-state index in [1.807, 2.05) is 0 Å². The Morgan fingerprint density at radius 1 is 1.09 bits per heavy atom. The fourth-order valence-electron chi connectivity index (χ4n) is 2.38. The van der Waals surface area contributed by atoms with E-state index >= 15 is 0 Å². The van der Waals surface area contributed by atoms with Crippen LogP contribution in [0.25, 0.3) is 0 Å². The second kappa shape index (κ2) is 13.2. The maximum atomic E-state index is 11.4. The summed E-state index contributed by atoms with van der Waals surface area (Å²) in [5.74, 6) is 1.44. The van der Waals surface area contributed by atoms with E-state index < -0.39 is 9.84 Å². The summed E-state index contributed by atoms with van der Waals surface area (Å²) < 4.78 is 22.8. The van der Waals surface area contributed by atoms with Crippen LogP contribution in [0.15, 0.2) is 4.99 Å². The van der Waals surface area contributed by atoms with E-state index in [2.05, 4.69) is 34.4 Å². The first kappa shape index (κ1) is 22.9. The Bertz CT molecular complexity index is 415. The average Bonchev–Trinajstić information content (AvgIpc) is 2.48. The molecule has 0 radical (unpaired) electrons. The molecule has 0 aliphatic carbocycles. The summed E-state index contributed by atoms with van der Waals surface area (Å²) in [6.07, 6.45) is 4.89. The normalized spacial score (nSPS) is 18.3. The molecule has 1 aliphatic heterocycles. The summed E-state index contributed by atoms with van der Waals surface area (Å²) in [5, 5.41) is 6.58. The number of rotatable bonds is 9. The minimum absolute atomic E-state index is 0. The Morgan fingerprint density at radius 2 is 1.78 bits per heavy atom. The molecule has 1 aliphatic rings. The molecule has 2 N–H and O–H groups in total. The molecule has 0 saturated carbocycles. The second-order valence-electron chi connectivity index (χ2n) is 5.74. The number of halogens is 1. The third-order valence-electron chi connectivity index (χ3n) is 3.78. The van der Waals surface area contributed by atoms with Gasteiger partial charge < -0.3 is 10.6 Å². The molecule has 0 spiro atoms. The van der Waals surface area contributed by atoms with Gasteiger partial charge in [-0.1, -0.05) is 26.2 Å². The van der Waals surface area contributed by atoms with Crippen LogP contribution in [-0.4, -0.2) is 70.1 Å². The highest BCUT2D eigenvalue weighted by Crippen LogP contribution is 2.02. The predicted octanol–water partition coefficient (Wildman–Crippen LogP) is 1.47. The minimum atomic E-state index is -2.78.